The van der Waals surface area contributed by atoms with Crippen molar-refractivity contribution in [3.8, 4) is 11.5 Å². The van der Waals surface area contributed by atoms with Crippen LogP contribution in [0.15, 0.2) is 54.6 Å². The molecule has 2 aromatic carbocycles. The second-order valence-electron chi connectivity index (χ2n) is 7.35. The molecule has 0 aliphatic carbocycles. The van der Waals surface area contributed by atoms with Crippen LogP contribution in [-0.4, -0.2) is 43.0 Å². The van der Waals surface area contributed by atoms with E-state index in [9.17, 15) is 9.59 Å². The van der Waals surface area contributed by atoms with Gasteiger partial charge in [-0.2, -0.15) is 0 Å². The van der Waals surface area contributed by atoms with Crippen LogP contribution in [0.1, 0.15) is 45.1 Å². The van der Waals surface area contributed by atoms with Crippen LogP contribution in [0.2, 0.25) is 0 Å². The van der Waals surface area contributed by atoms with Gasteiger partial charge in [-0.3, -0.25) is 9.59 Å². The van der Waals surface area contributed by atoms with Crippen molar-refractivity contribution in [3.05, 3.63) is 60.2 Å². The van der Waals surface area contributed by atoms with Crippen molar-refractivity contribution in [1.82, 2.24) is 10.2 Å². The second kappa shape index (κ2) is 13.3. The molecule has 0 saturated heterocycles. The molecular weight excluding hydrogens is 392 g/mol. The highest BCUT2D eigenvalue weighted by Gasteiger charge is 2.28. The SMILES string of the molecule is CCCNC(=O)C(CC)N(Cc1ccccc1)C(=O)CCCOc1ccc(OC)cc1. The van der Waals surface area contributed by atoms with Crippen LogP contribution in [0, 0.1) is 0 Å². The summed E-state index contributed by atoms with van der Waals surface area (Å²) < 4.78 is 10.9. The molecule has 0 heterocycles. The quantitative estimate of drug-likeness (QED) is 0.488. The number of hydrogen-bond acceptors (Lipinski definition) is 4. The Balaban J connectivity index is 1.98. The first-order chi connectivity index (χ1) is 15.1. The van der Waals surface area contributed by atoms with Crippen LogP contribution in [0.5, 0.6) is 11.5 Å². The first kappa shape index (κ1) is 24.3. The van der Waals surface area contributed by atoms with Gasteiger partial charge in [0.15, 0.2) is 0 Å². The van der Waals surface area contributed by atoms with E-state index in [0.29, 0.717) is 39.0 Å². The molecule has 1 atom stereocenters. The molecule has 2 aromatic rings. The van der Waals surface area contributed by atoms with E-state index in [0.717, 1.165) is 23.5 Å². The van der Waals surface area contributed by atoms with Gasteiger partial charge < -0.3 is 19.7 Å². The zero-order chi connectivity index (χ0) is 22.5. The van der Waals surface area contributed by atoms with Gasteiger partial charge in [-0.15, -0.1) is 0 Å². The van der Waals surface area contributed by atoms with E-state index in [-0.39, 0.29) is 11.8 Å². The van der Waals surface area contributed by atoms with Gasteiger partial charge in [0, 0.05) is 19.5 Å². The maximum atomic E-state index is 13.1. The number of ether oxygens (including phenoxy) is 2. The van der Waals surface area contributed by atoms with Gasteiger partial charge in [0.05, 0.1) is 13.7 Å². The molecule has 0 spiro atoms. The molecule has 0 aliphatic heterocycles. The predicted octanol–water partition coefficient (Wildman–Crippen LogP) is 4.19. The Morgan fingerprint density at radius 2 is 1.68 bits per heavy atom. The molecule has 0 radical (unpaired) electrons. The fraction of sp³-hybridized carbons (Fsp3) is 0.440. The molecule has 0 aliphatic rings. The van der Waals surface area contributed by atoms with Crippen LogP contribution in [0.3, 0.4) is 0 Å². The van der Waals surface area contributed by atoms with Crippen molar-refractivity contribution in [3.63, 3.8) is 0 Å². The van der Waals surface area contributed by atoms with E-state index in [2.05, 4.69) is 5.32 Å². The molecule has 0 saturated carbocycles. The summed E-state index contributed by atoms with van der Waals surface area (Å²) in [5, 5.41) is 2.93. The van der Waals surface area contributed by atoms with Gasteiger partial charge in [0.1, 0.15) is 17.5 Å². The molecule has 6 nitrogen and oxygen atoms in total. The van der Waals surface area contributed by atoms with E-state index >= 15 is 0 Å². The van der Waals surface area contributed by atoms with E-state index in [1.807, 2.05) is 68.4 Å². The molecule has 0 bridgehead atoms. The van der Waals surface area contributed by atoms with Crippen LogP contribution < -0.4 is 14.8 Å². The van der Waals surface area contributed by atoms with Crippen molar-refractivity contribution < 1.29 is 19.1 Å². The third-order valence-corrected chi connectivity index (χ3v) is 4.99. The van der Waals surface area contributed by atoms with E-state index in [4.69, 9.17) is 9.47 Å². The molecular formula is C25H34N2O4. The topological polar surface area (TPSA) is 67.9 Å². The molecule has 1 unspecified atom stereocenters. The van der Waals surface area contributed by atoms with Gasteiger partial charge in [-0.25, -0.2) is 0 Å². The number of methoxy groups -OCH3 is 1. The van der Waals surface area contributed by atoms with Crippen molar-refractivity contribution in [2.24, 2.45) is 0 Å². The standard InChI is InChI=1S/C25H34N2O4/c1-4-17-26-25(29)23(5-2)27(19-20-10-7-6-8-11-20)24(28)12-9-18-31-22-15-13-21(30-3)14-16-22/h6-8,10-11,13-16,23H,4-5,9,12,17-19H2,1-3H3,(H,26,29). The van der Waals surface area contributed by atoms with Gasteiger partial charge >= 0.3 is 0 Å². The lowest BCUT2D eigenvalue weighted by molar-refractivity contribution is -0.141. The Morgan fingerprint density at radius 3 is 2.29 bits per heavy atom. The Labute approximate surface area is 185 Å². The lowest BCUT2D eigenvalue weighted by atomic mass is 10.1. The second-order valence-corrected chi connectivity index (χ2v) is 7.35. The Bertz CT molecular complexity index is 793. The minimum atomic E-state index is -0.484. The summed E-state index contributed by atoms with van der Waals surface area (Å²) in [4.78, 5) is 27.5. The van der Waals surface area contributed by atoms with Crippen molar-refractivity contribution in [2.75, 3.05) is 20.3 Å². The third kappa shape index (κ3) is 7.96. The van der Waals surface area contributed by atoms with Gasteiger partial charge in [-0.05, 0) is 49.1 Å². The largest absolute Gasteiger partial charge is 0.497 e. The minimum absolute atomic E-state index is 0.0410. The number of nitrogens with one attached hydrogen (secondary N) is 1. The Kier molecular flexibility index (Phi) is 10.4. The highest BCUT2D eigenvalue weighted by Crippen LogP contribution is 2.18. The average Bonchev–Trinajstić information content (AvgIpc) is 2.81. The molecule has 0 fully saturated rings. The van der Waals surface area contributed by atoms with Gasteiger partial charge in [-0.1, -0.05) is 44.2 Å². The van der Waals surface area contributed by atoms with Gasteiger partial charge in [0.2, 0.25) is 11.8 Å². The first-order valence-corrected chi connectivity index (χ1v) is 11.0. The van der Waals surface area contributed by atoms with Crippen LogP contribution in [0.25, 0.3) is 0 Å². The number of hydrogen-bond donors (Lipinski definition) is 1. The zero-order valence-corrected chi connectivity index (χ0v) is 18.8. The number of carbonyl (C=O) groups is 2. The smallest absolute Gasteiger partial charge is 0.242 e. The van der Waals surface area contributed by atoms with Crippen LogP contribution in [-0.2, 0) is 16.1 Å². The van der Waals surface area contributed by atoms with E-state index < -0.39 is 6.04 Å². The Morgan fingerprint density at radius 1 is 1.00 bits per heavy atom. The summed E-state index contributed by atoms with van der Waals surface area (Å²) >= 11 is 0. The fourth-order valence-corrected chi connectivity index (χ4v) is 3.29. The number of nitrogens with zero attached hydrogens (tertiary/aromatic N) is 1. The monoisotopic (exact) mass is 426 g/mol. The molecule has 168 valence electrons. The van der Waals surface area contributed by atoms with Crippen molar-refractivity contribution in [1.29, 1.82) is 0 Å². The van der Waals surface area contributed by atoms with Crippen LogP contribution in [0.4, 0.5) is 0 Å². The summed E-state index contributed by atoms with van der Waals surface area (Å²) in [5.41, 5.74) is 1.01. The molecule has 1 N–H and O–H groups in total. The fourth-order valence-electron chi connectivity index (χ4n) is 3.29. The molecule has 6 heteroatoms. The average molecular weight is 427 g/mol. The predicted molar refractivity (Wildman–Crippen MR) is 122 cm³/mol. The minimum Gasteiger partial charge on any atom is -0.497 e. The lowest BCUT2D eigenvalue weighted by Crippen LogP contribution is -2.49. The summed E-state index contributed by atoms with van der Waals surface area (Å²) in [6.07, 6.45) is 2.32. The van der Waals surface area contributed by atoms with Gasteiger partial charge in [0.25, 0.3) is 0 Å². The number of carbonyl (C=O) groups excluding carboxylic acids is 2. The lowest BCUT2D eigenvalue weighted by Gasteiger charge is -2.30. The normalized spacial score (nSPS) is 11.5. The molecule has 31 heavy (non-hydrogen) atoms. The van der Waals surface area contributed by atoms with Crippen molar-refractivity contribution in [2.45, 2.75) is 52.1 Å². The van der Waals surface area contributed by atoms with E-state index in [1.54, 1.807) is 12.0 Å². The van der Waals surface area contributed by atoms with E-state index in [1.165, 1.54) is 0 Å². The summed E-state index contributed by atoms with van der Waals surface area (Å²) in [6, 6.07) is 16.6. The maximum Gasteiger partial charge on any atom is 0.242 e. The number of amides is 2. The zero-order valence-electron chi connectivity index (χ0n) is 18.8. The summed E-state index contributed by atoms with van der Waals surface area (Å²) in [7, 11) is 1.62. The van der Waals surface area contributed by atoms with Crippen molar-refractivity contribution >= 4 is 11.8 Å². The molecule has 2 amide bonds. The molecule has 0 aromatic heterocycles. The first-order valence-electron chi connectivity index (χ1n) is 11.0. The Hall–Kier alpha value is -3.02. The number of benzene rings is 2. The molecule has 2 rings (SSSR count). The maximum absolute atomic E-state index is 13.1. The highest BCUT2D eigenvalue weighted by atomic mass is 16.5. The van der Waals surface area contributed by atoms with Crippen LogP contribution >= 0.6 is 0 Å². The highest BCUT2D eigenvalue weighted by molar-refractivity contribution is 5.87. The third-order valence-electron chi connectivity index (χ3n) is 4.99. The number of rotatable bonds is 13. The summed E-state index contributed by atoms with van der Waals surface area (Å²) in [6.45, 7) is 5.40. The summed E-state index contributed by atoms with van der Waals surface area (Å²) in [5.74, 6) is 1.37.